The van der Waals surface area contributed by atoms with Crippen LogP contribution < -0.4 is 10.2 Å². The van der Waals surface area contributed by atoms with Gasteiger partial charge in [0.25, 0.3) is 0 Å². The second-order valence-electron chi connectivity index (χ2n) is 3.39. The van der Waals surface area contributed by atoms with E-state index in [1.807, 2.05) is 0 Å². The fraction of sp³-hybridized carbons (Fsp3) is 0. The number of carboxylic acid groups (broad SMARTS) is 2. The first-order chi connectivity index (χ1) is 10.0. The topological polar surface area (TPSA) is 130 Å². The van der Waals surface area contributed by atoms with E-state index in [1.165, 1.54) is 29.6 Å². The van der Waals surface area contributed by atoms with Crippen LogP contribution in [0.2, 0.25) is 0 Å². The van der Waals surface area contributed by atoms with Crippen LogP contribution in [0.1, 0.15) is 20.7 Å². The van der Waals surface area contributed by atoms with Gasteiger partial charge >= 0.3 is 19.5 Å². The van der Waals surface area contributed by atoms with Crippen molar-refractivity contribution in [3.8, 4) is 0 Å². The summed E-state index contributed by atoms with van der Waals surface area (Å²) in [4.78, 5) is 28.3. The molecule has 0 unspecified atom stereocenters. The molecule has 0 amide bonds. The molecule has 0 radical (unpaired) electrons. The number of nitrogens with zero attached hydrogens (tertiary/aromatic N) is 1. The summed E-state index contributed by atoms with van der Waals surface area (Å²) in [5.41, 5.74) is 0.440. The number of benzene rings is 2. The monoisotopic (exact) mass is 353 g/mol. The van der Waals surface area contributed by atoms with Gasteiger partial charge in [-0.2, -0.15) is 0 Å². The Morgan fingerprint density at radius 1 is 0.773 bits per heavy atom. The second-order valence-corrected chi connectivity index (χ2v) is 3.39. The van der Waals surface area contributed by atoms with Gasteiger partial charge in [0, 0.05) is 0 Å². The van der Waals surface area contributed by atoms with Gasteiger partial charge in [0.1, 0.15) is 0 Å². The van der Waals surface area contributed by atoms with Crippen LogP contribution in [0.4, 0.5) is 0 Å². The van der Waals surface area contributed by atoms with E-state index in [4.69, 9.17) is 10.1 Å². The number of carbonyl (C=O) groups is 2. The Labute approximate surface area is 138 Å². The summed E-state index contributed by atoms with van der Waals surface area (Å²) in [5.74, 6) is -2.26. The standard InChI is InChI=1S/2C7H6O2.HNO2.Zn/c2*8-7(9)6-4-2-1-3-5-6;2-1-3;/h2*1-5H,(H,8,9);(H,2,3);/q;;;+2/p-2. The van der Waals surface area contributed by atoms with E-state index in [1.54, 1.807) is 36.4 Å². The summed E-state index contributed by atoms with van der Waals surface area (Å²) in [6.45, 7) is 0. The van der Waals surface area contributed by atoms with E-state index in [-0.39, 0.29) is 30.6 Å². The number of aromatic carboxylic acids is 2. The molecule has 2 aromatic carbocycles. The molecule has 110 valence electrons. The third-order valence-corrected chi connectivity index (χ3v) is 2.02. The minimum absolute atomic E-state index is 0. The number of hydrogen-bond donors (Lipinski definition) is 1. The molecule has 0 aliphatic carbocycles. The molecule has 1 N–H and O–H groups in total. The van der Waals surface area contributed by atoms with Gasteiger partial charge in [0.15, 0.2) is 5.34 Å². The minimum Gasteiger partial charge on any atom is -0.545 e. The molecule has 0 aliphatic rings. The van der Waals surface area contributed by atoms with Crippen LogP contribution >= 0.6 is 0 Å². The maximum atomic E-state index is 10.1. The zero-order valence-electron chi connectivity index (χ0n) is 11.4. The van der Waals surface area contributed by atoms with Crippen molar-refractivity contribution in [3.05, 3.63) is 76.7 Å². The SMILES string of the molecule is O=C([O-])c1ccccc1.O=C([O-])c1ccccc1.O=NO.[Zn+2]. The molecule has 2 rings (SSSR count). The second kappa shape index (κ2) is 13.4. The molecular weight excluding hydrogens is 344 g/mol. The number of carboxylic acids is 2. The van der Waals surface area contributed by atoms with Crippen LogP contribution in [0.3, 0.4) is 0 Å². The predicted octanol–water partition coefficient (Wildman–Crippen LogP) is 0.240. The van der Waals surface area contributed by atoms with Crippen molar-refractivity contribution in [1.82, 2.24) is 0 Å². The first-order valence-corrected chi connectivity index (χ1v) is 5.52. The molecule has 0 aromatic heterocycles. The predicted molar refractivity (Wildman–Crippen MR) is 69.1 cm³/mol. The molecular formula is C14H11NO6Zn. The van der Waals surface area contributed by atoms with Gasteiger partial charge in [-0.3, -0.25) is 0 Å². The Kier molecular flexibility index (Phi) is 13.2. The summed E-state index contributed by atoms with van der Waals surface area (Å²) < 4.78 is 0. The van der Waals surface area contributed by atoms with E-state index in [0.29, 0.717) is 0 Å². The molecule has 7 nitrogen and oxygen atoms in total. The average Bonchev–Trinajstić information content (AvgIpc) is 2.50. The van der Waals surface area contributed by atoms with Crippen LogP contribution in [0.5, 0.6) is 0 Å². The van der Waals surface area contributed by atoms with E-state index in [0.717, 1.165) is 0 Å². The summed E-state index contributed by atoms with van der Waals surface area (Å²) in [7, 11) is 0. The Morgan fingerprint density at radius 2 is 1.00 bits per heavy atom. The van der Waals surface area contributed by atoms with Gasteiger partial charge in [0.05, 0.1) is 11.9 Å². The fourth-order valence-corrected chi connectivity index (χ4v) is 1.15. The van der Waals surface area contributed by atoms with Crippen LogP contribution in [-0.2, 0) is 19.5 Å². The molecule has 0 atom stereocenters. The van der Waals surface area contributed by atoms with Crippen LogP contribution in [0.15, 0.2) is 66.0 Å². The summed E-state index contributed by atoms with van der Waals surface area (Å²) >= 11 is 0. The minimum atomic E-state index is -1.13. The van der Waals surface area contributed by atoms with Crippen molar-refractivity contribution >= 4 is 11.9 Å². The molecule has 2 aromatic rings. The van der Waals surface area contributed by atoms with Crippen molar-refractivity contribution in [2.24, 2.45) is 5.34 Å². The van der Waals surface area contributed by atoms with Gasteiger partial charge in [-0.1, -0.05) is 60.7 Å². The van der Waals surface area contributed by atoms with Crippen LogP contribution in [0.25, 0.3) is 0 Å². The first kappa shape index (κ1) is 21.7. The molecule has 0 bridgehead atoms. The number of hydrogen-bond acceptors (Lipinski definition) is 6. The summed E-state index contributed by atoms with van der Waals surface area (Å²) in [6.07, 6.45) is 0. The van der Waals surface area contributed by atoms with Gasteiger partial charge in [0.2, 0.25) is 0 Å². The van der Waals surface area contributed by atoms with E-state index in [9.17, 15) is 19.8 Å². The largest absolute Gasteiger partial charge is 2.00 e. The van der Waals surface area contributed by atoms with Gasteiger partial charge in [-0.15, -0.1) is 4.91 Å². The Morgan fingerprint density at radius 3 is 1.14 bits per heavy atom. The van der Waals surface area contributed by atoms with E-state index in [2.05, 4.69) is 0 Å². The third kappa shape index (κ3) is 10.2. The van der Waals surface area contributed by atoms with Crippen molar-refractivity contribution in [1.29, 1.82) is 0 Å². The molecule has 0 aliphatic heterocycles. The van der Waals surface area contributed by atoms with Gasteiger partial charge < -0.3 is 25.0 Å². The summed E-state index contributed by atoms with van der Waals surface area (Å²) in [6, 6.07) is 16.1. The van der Waals surface area contributed by atoms with Gasteiger partial charge in [-0.25, -0.2) is 0 Å². The zero-order valence-corrected chi connectivity index (χ0v) is 14.4. The van der Waals surface area contributed by atoms with Crippen molar-refractivity contribution in [3.63, 3.8) is 0 Å². The molecule has 0 saturated heterocycles. The third-order valence-electron chi connectivity index (χ3n) is 2.02. The van der Waals surface area contributed by atoms with E-state index < -0.39 is 11.9 Å². The fourth-order valence-electron chi connectivity index (χ4n) is 1.15. The van der Waals surface area contributed by atoms with Crippen LogP contribution in [-0.4, -0.2) is 17.1 Å². The van der Waals surface area contributed by atoms with Crippen LogP contribution in [0, 0.1) is 4.91 Å². The molecule has 0 saturated carbocycles. The maximum Gasteiger partial charge on any atom is 2.00 e. The Hall–Kier alpha value is -2.60. The molecule has 0 heterocycles. The maximum absolute atomic E-state index is 10.1. The van der Waals surface area contributed by atoms with E-state index >= 15 is 0 Å². The number of carbonyl (C=O) groups excluding carboxylic acids is 2. The van der Waals surface area contributed by atoms with Crippen molar-refractivity contribution in [2.75, 3.05) is 0 Å². The Balaban J connectivity index is 0. The van der Waals surface area contributed by atoms with Crippen molar-refractivity contribution < 1.29 is 44.5 Å². The number of rotatable bonds is 2. The first-order valence-electron chi connectivity index (χ1n) is 5.52. The molecule has 0 spiro atoms. The molecule has 22 heavy (non-hydrogen) atoms. The van der Waals surface area contributed by atoms with Gasteiger partial charge in [-0.05, 0) is 11.1 Å². The smallest absolute Gasteiger partial charge is 0.545 e. The zero-order chi connectivity index (χ0) is 16.1. The normalized spacial score (nSPS) is 7.82. The Bertz CT molecular complexity index is 513. The molecule has 8 heteroatoms. The average molecular weight is 355 g/mol. The summed E-state index contributed by atoms with van der Waals surface area (Å²) in [5, 5.41) is 28.1. The molecule has 0 fully saturated rings. The quantitative estimate of drug-likeness (QED) is 0.467. The van der Waals surface area contributed by atoms with Crippen molar-refractivity contribution in [2.45, 2.75) is 0 Å².